The molecule has 1 aromatic rings. The molecule has 0 amide bonds. The molecule has 10 atom stereocenters. The molecule has 2 N–H and O–H groups in total. The van der Waals surface area contributed by atoms with Gasteiger partial charge in [0.15, 0.2) is 41.8 Å². The first-order valence-electron chi connectivity index (χ1n) is 13.4. The summed E-state index contributed by atoms with van der Waals surface area (Å²) in [6, 6.07) is 4.71. The van der Waals surface area contributed by atoms with Gasteiger partial charge in [0.05, 0.1) is 19.3 Å². The first kappa shape index (κ1) is 29.2. The fraction of sp³-hybridized carbons (Fsp3) is 0.679. The molecular weight excluding hydrogens is 528 g/mol. The molecular formula is C28H38O12. The lowest BCUT2D eigenvalue weighted by Crippen LogP contribution is -2.62. The van der Waals surface area contributed by atoms with Gasteiger partial charge in [0.25, 0.3) is 0 Å². The molecule has 0 radical (unpaired) electrons. The maximum absolute atomic E-state index is 12.8. The highest BCUT2D eigenvalue weighted by atomic mass is 16.8. The van der Waals surface area contributed by atoms with E-state index < -0.39 is 79.0 Å². The predicted molar refractivity (Wildman–Crippen MR) is 137 cm³/mol. The summed E-state index contributed by atoms with van der Waals surface area (Å²) >= 11 is 0. The lowest BCUT2D eigenvalue weighted by atomic mass is 9.97. The highest BCUT2D eigenvalue weighted by Gasteiger charge is 2.60. The number of phenolic OH excluding ortho intramolecular Hbond substituents is 1. The number of carbonyl (C=O) groups is 1. The summed E-state index contributed by atoms with van der Waals surface area (Å²) in [6.07, 6.45) is -4.60. The van der Waals surface area contributed by atoms with Crippen molar-refractivity contribution < 1.29 is 57.6 Å². The Morgan fingerprint density at radius 2 is 1.50 bits per heavy atom. The van der Waals surface area contributed by atoms with Crippen LogP contribution >= 0.6 is 0 Å². The van der Waals surface area contributed by atoms with E-state index in [-0.39, 0.29) is 11.5 Å². The minimum Gasteiger partial charge on any atom is -0.504 e. The molecule has 4 aliphatic rings. The maximum atomic E-state index is 12.8. The molecule has 12 heteroatoms. The number of methoxy groups -OCH3 is 1. The van der Waals surface area contributed by atoms with E-state index in [0.29, 0.717) is 5.56 Å². The van der Waals surface area contributed by atoms with Crippen molar-refractivity contribution in [2.75, 3.05) is 7.11 Å². The Kier molecular flexibility index (Phi) is 7.92. The van der Waals surface area contributed by atoms with Crippen molar-refractivity contribution >= 4 is 12.0 Å². The maximum Gasteiger partial charge on any atom is 0.331 e. The van der Waals surface area contributed by atoms with Crippen LogP contribution in [-0.4, -0.2) is 96.3 Å². The van der Waals surface area contributed by atoms with E-state index >= 15 is 0 Å². The van der Waals surface area contributed by atoms with Crippen molar-refractivity contribution in [2.45, 2.75) is 115 Å². The Balaban J connectivity index is 1.30. The fourth-order valence-electron chi connectivity index (χ4n) is 5.60. The summed E-state index contributed by atoms with van der Waals surface area (Å²) in [5.74, 6) is -2.24. The number of benzene rings is 1. The number of rotatable bonds is 6. The zero-order chi connectivity index (χ0) is 29.0. The minimum absolute atomic E-state index is 0.00386. The largest absolute Gasteiger partial charge is 0.504 e. The van der Waals surface area contributed by atoms with Crippen LogP contribution in [0.5, 0.6) is 11.5 Å². The smallest absolute Gasteiger partial charge is 0.331 e. The van der Waals surface area contributed by atoms with Gasteiger partial charge in [-0.2, -0.15) is 0 Å². The van der Waals surface area contributed by atoms with Crippen molar-refractivity contribution in [1.82, 2.24) is 0 Å². The highest BCUT2D eigenvalue weighted by molar-refractivity contribution is 5.87. The zero-order valence-electron chi connectivity index (χ0n) is 23.6. The number of carbonyl (C=O) groups excluding carboxylic acids is 1. The van der Waals surface area contributed by atoms with Gasteiger partial charge in [-0.3, -0.25) is 0 Å². The molecule has 5 rings (SSSR count). The van der Waals surface area contributed by atoms with Crippen LogP contribution in [0.2, 0.25) is 0 Å². The first-order chi connectivity index (χ1) is 18.8. The van der Waals surface area contributed by atoms with Gasteiger partial charge in [-0.05, 0) is 65.3 Å². The van der Waals surface area contributed by atoms with Gasteiger partial charge in [0.1, 0.15) is 30.5 Å². The topological polar surface area (TPSA) is 141 Å². The average molecular weight is 567 g/mol. The molecule has 9 unspecified atom stereocenters. The van der Waals surface area contributed by atoms with E-state index in [4.69, 9.17) is 42.6 Å². The number of aliphatic hydroxyl groups is 1. The molecule has 12 nitrogen and oxygen atoms in total. The molecule has 0 aromatic heterocycles. The monoisotopic (exact) mass is 566 g/mol. The summed E-state index contributed by atoms with van der Waals surface area (Å²) in [4.78, 5) is 12.8. The summed E-state index contributed by atoms with van der Waals surface area (Å²) < 4.78 is 53.5. The number of fused-ring (bicyclic) bond motifs is 2. The molecule has 4 heterocycles. The average Bonchev–Trinajstić information content (AvgIpc) is 3.38. The SMILES string of the molecule is COc1cc(/C=C/C(=O)OC2C(C)OC(OC3C(C)OC(O)C4OC(C)(C)O[C@H]34)C3OC(C)(C)OC23)ccc1O. The normalized spacial score (nSPS) is 40.0. The quantitative estimate of drug-likeness (QED) is 0.385. The Morgan fingerprint density at radius 1 is 0.900 bits per heavy atom. The first-order valence-corrected chi connectivity index (χ1v) is 13.4. The Hall–Kier alpha value is -2.29. The molecule has 0 saturated carbocycles. The number of aliphatic hydroxyl groups excluding tert-OH is 1. The summed E-state index contributed by atoms with van der Waals surface area (Å²) in [5, 5.41) is 20.2. The van der Waals surface area contributed by atoms with Crippen LogP contribution < -0.4 is 4.74 Å². The summed E-state index contributed by atoms with van der Waals surface area (Å²) in [7, 11) is 1.44. The lowest BCUT2D eigenvalue weighted by Gasteiger charge is -2.44. The van der Waals surface area contributed by atoms with Gasteiger partial charge in [-0.1, -0.05) is 6.07 Å². The molecule has 0 bridgehead atoms. The van der Waals surface area contributed by atoms with Crippen LogP contribution in [0.3, 0.4) is 0 Å². The summed E-state index contributed by atoms with van der Waals surface area (Å²) in [5.41, 5.74) is 0.640. The van der Waals surface area contributed by atoms with Gasteiger partial charge >= 0.3 is 5.97 Å². The van der Waals surface area contributed by atoms with Gasteiger partial charge in [0.2, 0.25) is 0 Å². The van der Waals surface area contributed by atoms with E-state index in [1.165, 1.54) is 19.3 Å². The molecule has 4 fully saturated rings. The lowest BCUT2D eigenvalue weighted by molar-refractivity contribution is -0.328. The van der Waals surface area contributed by atoms with E-state index in [1.807, 2.05) is 0 Å². The van der Waals surface area contributed by atoms with E-state index in [1.54, 1.807) is 59.8 Å². The van der Waals surface area contributed by atoms with Crippen molar-refractivity contribution in [1.29, 1.82) is 0 Å². The van der Waals surface area contributed by atoms with Crippen LogP contribution in [-0.2, 0) is 42.7 Å². The second kappa shape index (κ2) is 10.8. The van der Waals surface area contributed by atoms with Crippen molar-refractivity contribution in [3.05, 3.63) is 29.8 Å². The molecule has 4 saturated heterocycles. The van der Waals surface area contributed by atoms with Gasteiger partial charge < -0.3 is 52.8 Å². The number of hydrogen-bond donors (Lipinski definition) is 2. The van der Waals surface area contributed by atoms with E-state index in [9.17, 15) is 15.0 Å². The second-order valence-corrected chi connectivity index (χ2v) is 11.3. The number of hydrogen-bond acceptors (Lipinski definition) is 12. The Morgan fingerprint density at radius 3 is 2.17 bits per heavy atom. The van der Waals surface area contributed by atoms with Crippen LogP contribution in [0.25, 0.3) is 6.08 Å². The van der Waals surface area contributed by atoms with Crippen molar-refractivity contribution in [2.24, 2.45) is 0 Å². The number of aromatic hydroxyl groups is 1. The van der Waals surface area contributed by atoms with E-state index in [2.05, 4.69) is 0 Å². The number of esters is 1. The van der Waals surface area contributed by atoms with Gasteiger partial charge in [0, 0.05) is 6.08 Å². The second-order valence-electron chi connectivity index (χ2n) is 11.3. The highest BCUT2D eigenvalue weighted by Crippen LogP contribution is 2.42. The summed E-state index contributed by atoms with van der Waals surface area (Å²) in [6.45, 7) is 10.6. The van der Waals surface area contributed by atoms with E-state index in [0.717, 1.165) is 0 Å². The Bertz CT molecular complexity index is 1120. The van der Waals surface area contributed by atoms with Crippen molar-refractivity contribution in [3.63, 3.8) is 0 Å². The third-order valence-electron chi connectivity index (χ3n) is 7.31. The van der Waals surface area contributed by atoms with Crippen LogP contribution in [0, 0.1) is 0 Å². The molecule has 4 aliphatic heterocycles. The minimum atomic E-state index is -1.16. The van der Waals surface area contributed by atoms with Gasteiger partial charge in [-0.15, -0.1) is 0 Å². The van der Waals surface area contributed by atoms with Crippen molar-refractivity contribution in [3.8, 4) is 11.5 Å². The third kappa shape index (κ3) is 5.86. The van der Waals surface area contributed by atoms with Gasteiger partial charge in [-0.25, -0.2) is 4.79 Å². The molecule has 0 aliphatic carbocycles. The number of phenols is 1. The fourth-order valence-corrected chi connectivity index (χ4v) is 5.60. The standard InChI is InChI=1S/C28H38O12/c1-13-20(21-23(25(31)33-13)39-27(3,4)37-21)36-26-24-22(38-28(5,6)40-24)19(14(2)34-26)35-18(30)11-9-15-8-10-16(29)17(12-15)32-7/h8-14,19-26,29,31H,1-7H3/b11-9+/t13?,14?,19?,20?,21-,22?,23?,24?,25?,26?/m1/s1. The molecule has 40 heavy (non-hydrogen) atoms. The number of ether oxygens (including phenoxy) is 9. The zero-order valence-corrected chi connectivity index (χ0v) is 23.6. The van der Waals surface area contributed by atoms with Crippen LogP contribution in [0.1, 0.15) is 47.1 Å². The van der Waals surface area contributed by atoms with Crippen LogP contribution in [0.4, 0.5) is 0 Å². The Labute approximate surface area is 233 Å². The molecule has 0 spiro atoms. The third-order valence-corrected chi connectivity index (χ3v) is 7.31. The van der Waals surface area contributed by atoms with Crippen LogP contribution in [0.15, 0.2) is 24.3 Å². The molecule has 222 valence electrons. The predicted octanol–water partition coefficient (Wildman–Crippen LogP) is 2.23. The molecule has 1 aromatic carbocycles.